The number of carbonyl (C=O) groups is 1. The van der Waals surface area contributed by atoms with Crippen LogP contribution in [0.1, 0.15) is 42.8 Å². The van der Waals surface area contributed by atoms with Gasteiger partial charge in [0.2, 0.25) is 5.91 Å². The second-order valence-electron chi connectivity index (χ2n) is 6.74. The molecule has 0 bridgehead atoms. The van der Waals surface area contributed by atoms with Crippen LogP contribution in [0, 0.1) is 25.2 Å². The number of anilines is 1. The van der Waals surface area contributed by atoms with E-state index < -0.39 is 0 Å². The lowest BCUT2D eigenvalue weighted by atomic mass is 10.1. The number of rotatable bonds is 8. The number of ether oxygens (including phenoxy) is 2. The predicted octanol–water partition coefficient (Wildman–Crippen LogP) is 3.59. The molecule has 156 valence electrons. The summed E-state index contributed by atoms with van der Waals surface area (Å²) in [4.78, 5) is 17.2. The standard InChI is InChI=1S/C22H25N5O3/c1-5-29-17-7-9-20(30-6-2)19(11-17)26-21(28)10-8-18-14(3)25-22-16(12-23)13-24-27(22)15(18)4/h7,9,11,13H,5-6,8,10H2,1-4H3,(H,26,28). The molecule has 0 aliphatic rings. The van der Waals surface area contributed by atoms with Gasteiger partial charge < -0.3 is 14.8 Å². The van der Waals surface area contributed by atoms with E-state index in [0.717, 1.165) is 17.0 Å². The minimum Gasteiger partial charge on any atom is -0.494 e. The zero-order chi connectivity index (χ0) is 21.7. The van der Waals surface area contributed by atoms with Gasteiger partial charge in [-0.1, -0.05) is 0 Å². The first-order valence-electron chi connectivity index (χ1n) is 9.91. The number of hydrogen-bond acceptors (Lipinski definition) is 6. The summed E-state index contributed by atoms with van der Waals surface area (Å²) >= 11 is 0. The lowest BCUT2D eigenvalue weighted by molar-refractivity contribution is -0.116. The Hall–Kier alpha value is -3.60. The molecule has 0 unspecified atom stereocenters. The molecular weight excluding hydrogens is 382 g/mol. The highest BCUT2D eigenvalue weighted by Crippen LogP contribution is 2.30. The van der Waals surface area contributed by atoms with Crippen LogP contribution in [-0.4, -0.2) is 33.7 Å². The van der Waals surface area contributed by atoms with Crippen LogP contribution >= 0.6 is 0 Å². The number of carbonyl (C=O) groups excluding carboxylic acids is 1. The zero-order valence-corrected chi connectivity index (χ0v) is 17.7. The molecule has 0 aliphatic heterocycles. The van der Waals surface area contributed by atoms with Crippen LogP contribution in [0.4, 0.5) is 5.69 Å². The number of nitriles is 1. The highest BCUT2D eigenvalue weighted by atomic mass is 16.5. The molecule has 0 saturated heterocycles. The molecule has 0 spiro atoms. The molecule has 0 atom stereocenters. The van der Waals surface area contributed by atoms with E-state index in [-0.39, 0.29) is 12.3 Å². The summed E-state index contributed by atoms with van der Waals surface area (Å²) in [5.74, 6) is 1.14. The third-order valence-corrected chi connectivity index (χ3v) is 4.77. The Bertz CT molecular complexity index is 1110. The molecule has 0 radical (unpaired) electrons. The van der Waals surface area contributed by atoms with E-state index in [1.807, 2.05) is 33.8 Å². The monoisotopic (exact) mass is 407 g/mol. The first-order chi connectivity index (χ1) is 14.5. The van der Waals surface area contributed by atoms with Gasteiger partial charge in [0.1, 0.15) is 23.1 Å². The van der Waals surface area contributed by atoms with Crippen LogP contribution in [0.15, 0.2) is 24.4 Å². The van der Waals surface area contributed by atoms with Crippen molar-refractivity contribution in [1.82, 2.24) is 14.6 Å². The minimum absolute atomic E-state index is 0.137. The maximum Gasteiger partial charge on any atom is 0.224 e. The summed E-state index contributed by atoms with van der Waals surface area (Å²) in [6, 6.07) is 7.48. The molecule has 8 heteroatoms. The van der Waals surface area contributed by atoms with E-state index in [4.69, 9.17) is 9.47 Å². The van der Waals surface area contributed by atoms with Crippen molar-refractivity contribution in [3.05, 3.63) is 46.9 Å². The van der Waals surface area contributed by atoms with Crippen molar-refractivity contribution < 1.29 is 14.3 Å². The molecule has 0 saturated carbocycles. The summed E-state index contributed by atoms with van der Waals surface area (Å²) in [6.45, 7) is 8.63. The number of nitrogens with one attached hydrogen (secondary N) is 1. The molecule has 2 aromatic heterocycles. The second-order valence-corrected chi connectivity index (χ2v) is 6.74. The van der Waals surface area contributed by atoms with Crippen LogP contribution in [0.3, 0.4) is 0 Å². The van der Waals surface area contributed by atoms with Crippen LogP contribution in [0.25, 0.3) is 5.65 Å². The highest BCUT2D eigenvalue weighted by molar-refractivity contribution is 5.92. The lowest BCUT2D eigenvalue weighted by Gasteiger charge is -2.14. The first kappa shape index (κ1) is 21.1. The van der Waals surface area contributed by atoms with Gasteiger partial charge in [-0.2, -0.15) is 10.4 Å². The molecule has 0 aliphatic carbocycles. The fourth-order valence-electron chi connectivity index (χ4n) is 3.35. The number of fused-ring (bicyclic) bond motifs is 1. The maximum absolute atomic E-state index is 12.7. The van der Waals surface area contributed by atoms with Crippen molar-refractivity contribution in [2.45, 2.75) is 40.5 Å². The lowest BCUT2D eigenvalue weighted by Crippen LogP contribution is -2.15. The topological polar surface area (TPSA) is 102 Å². The number of nitrogens with zero attached hydrogens (tertiary/aromatic N) is 4. The van der Waals surface area contributed by atoms with Gasteiger partial charge in [-0.15, -0.1) is 0 Å². The van der Waals surface area contributed by atoms with Crippen molar-refractivity contribution in [3.63, 3.8) is 0 Å². The Kier molecular flexibility index (Phi) is 6.52. The Morgan fingerprint density at radius 2 is 2.00 bits per heavy atom. The number of amides is 1. The van der Waals surface area contributed by atoms with Gasteiger partial charge in [0, 0.05) is 23.9 Å². The SMILES string of the molecule is CCOc1ccc(OCC)c(NC(=O)CCc2c(C)nc3c(C#N)cnn3c2C)c1. The molecule has 1 N–H and O–H groups in total. The van der Waals surface area contributed by atoms with Crippen molar-refractivity contribution in [1.29, 1.82) is 5.26 Å². The van der Waals surface area contributed by atoms with Crippen LogP contribution < -0.4 is 14.8 Å². The van der Waals surface area contributed by atoms with E-state index in [1.165, 1.54) is 6.20 Å². The fourth-order valence-corrected chi connectivity index (χ4v) is 3.35. The largest absolute Gasteiger partial charge is 0.494 e. The molecule has 3 aromatic rings. The number of aryl methyl sites for hydroxylation is 2. The van der Waals surface area contributed by atoms with Gasteiger partial charge in [-0.3, -0.25) is 4.79 Å². The molecule has 3 rings (SSSR count). The van der Waals surface area contributed by atoms with Crippen molar-refractivity contribution in [2.24, 2.45) is 0 Å². The van der Waals surface area contributed by atoms with E-state index in [9.17, 15) is 10.1 Å². The fraction of sp³-hybridized carbons (Fsp3) is 0.364. The van der Waals surface area contributed by atoms with Crippen molar-refractivity contribution in [2.75, 3.05) is 18.5 Å². The Morgan fingerprint density at radius 1 is 1.23 bits per heavy atom. The smallest absolute Gasteiger partial charge is 0.224 e. The van der Waals surface area contributed by atoms with E-state index in [2.05, 4.69) is 21.5 Å². The molecular formula is C22H25N5O3. The Morgan fingerprint density at radius 3 is 2.70 bits per heavy atom. The van der Waals surface area contributed by atoms with Gasteiger partial charge in [-0.05, 0) is 51.8 Å². The van der Waals surface area contributed by atoms with Crippen molar-refractivity contribution in [3.8, 4) is 17.6 Å². The van der Waals surface area contributed by atoms with Crippen LogP contribution in [0.2, 0.25) is 0 Å². The third kappa shape index (κ3) is 4.35. The maximum atomic E-state index is 12.7. The molecule has 30 heavy (non-hydrogen) atoms. The average molecular weight is 407 g/mol. The summed E-state index contributed by atoms with van der Waals surface area (Å²) in [6.07, 6.45) is 2.28. The van der Waals surface area contributed by atoms with E-state index in [0.29, 0.717) is 48.0 Å². The van der Waals surface area contributed by atoms with Gasteiger partial charge in [-0.25, -0.2) is 9.50 Å². The zero-order valence-electron chi connectivity index (χ0n) is 17.7. The van der Waals surface area contributed by atoms with E-state index >= 15 is 0 Å². The number of benzene rings is 1. The van der Waals surface area contributed by atoms with Crippen LogP contribution in [0.5, 0.6) is 11.5 Å². The van der Waals surface area contributed by atoms with Crippen molar-refractivity contribution >= 4 is 17.2 Å². The van der Waals surface area contributed by atoms with Gasteiger partial charge in [0.05, 0.1) is 25.1 Å². The molecule has 8 nitrogen and oxygen atoms in total. The summed E-state index contributed by atoms with van der Waals surface area (Å²) < 4.78 is 12.8. The highest BCUT2D eigenvalue weighted by Gasteiger charge is 2.16. The molecule has 0 fully saturated rings. The first-order valence-corrected chi connectivity index (χ1v) is 9.91. The van der Waals surface area contributed by atoms with Gasteiger partial charge >= 0.3 is 0 Å². The Labute approximate surface area is 175 Å². The van der Waals surface area contributed by atoms with Crippen LogP contribution in [-0.2, 0) is 11.2 Å². The van der Waals surface area contributed by atoms with Gasteiger partial charge in [0.25, 0.3) is 0 Å². The third-order valence-electron chi connectivity index (χ3n) is 4.77. The Balaban J connectivity index is 1.76. The van der Waals surface area contributed by atoms with Gasteiger partial charge in [0.15, 0.2) is 5.65 Å². The average Bonchev–Trinajstić information content (AvgIpc) is 3.13. The van der Waals surface area contributed by atoms with E-state index in [1.54, 1.807) is 16.6 Å². The molecule has 2 heterocycles. The number of aromatic nitrogens is 3. The summed E-state index contributed by atoms with van der Waals surface area (Å²) in [5.41, 5.74) is 4.16. The predicted molar refractivity (Wildman–Crippen MR) is 113 cm³/mol. The molecule has 1 amide bonds. The summed E-state index contributed by atoms with van der Waals surface area (Å²) in [7, 11) is 0. The minimum atomic E-state index is -0.137. The summed E-state index contributed by atoms with van der Waals surface area (Å²) in [5, 5.41) is 16.4. The normalized spacial score (nSPS) is 10.6. The second kappa shape index (κ2) is 9.27. The molecule has 1 aromatic carbocycles. The number of hydrogen-bond donors (Lipinski definition) is 1. The quantitative estimate of drug-likeness (QED) is 0.612.